The Hall–Kier alpha value is -3.62. The van der Waals surface area contributed by atoms with Gasteiger partial charge in [-0.25, -0.2) is 10.4 Å². The lowest BCUT2D eigenvalue weighted by Gasteiger charge is -2.09. The van der Waals surface area contributed by atoms with Gasteiger partial charge in [-0.05, 0) is 42.5 Å². The van der Waals surface area contributed by atoms with E-state index in [9.17, 15) is 4.79 Å². The molecule has 8 nitrogen and oxygen atoms in total. The second kappa shape index (κ2) is 9.67. The number of carbonyl (C=O) groups excluding carboxylic acids is 1. The summed E-state index contributed by atoms with van der Waals surface area (Å²) >= 11 is 12.3. The van der Waals surface area contributed by atoms with Gasteiger partial charge < -0.3 is 14.0 Å². The highest BCUT2D eigenvalue weighted by Gasteiger charge is 2.12. The summed E-state index contributed by atoms with van der Waals surface area (Å²) in [6.07, 6.45) is 2.92. The Morgan fingerprint density at radius 1 is 1.19 bits per heavy atom. The summed E-state index contributed by atoms with van der Waals surface area (Å²) in [5, 5.41) is 9.20. The van der Waals surface area contributed by atoms with Crippen LogP contribution in [0.5, 0.6) is 11.5 Å². The number of aromatic nitrogens is 2. The Morgan fingerprint density at radius 3 is 2.84 bits per heavy atom. The van der Waals surface area contributed by atoms with Crippen LogP contribution in [-0.2, 0) is 4.79 Å². The second-order valence-electron chi connectivity index (χ2n) is 6.53. The summed E-state index contributed by atoms with van der Waals surface area (Å²) < 4.78 is 16.0. The Labute approximate surface area is 192 Å². The Morgan fingerprint density at radius 2 is 2.06 bits per heavy atom. The maximum absolute atomic E-state index is 12.2. The number of nitrogens with one attached hydrogen (secondary N) is 1. The van der Waals surface area contributed by atoms with E-state index < -0.39 is 5.91 Å². The number of benzene rings is 2. The third-order valence-corrected chi connectivity index (χ3v) is 4.94. The van der Waals surface area contributed by atoms with E-state index >= 15 is 0 Å². The minimum absolute atomic E-state index is 0.259. The number of hydrogen-bond donors (Lipinski definition) is 1. The summed E-state index contributed by atoms with van der Waals surface area (Å²) in [5.41, 5.74) is 4.24. The van der Waals surface area contributed by atoms with Gasteiger partial charge in [-0.1, -0.05) is 28.4 Å². The monoisotopic (exact) mass is 470 g/mol. The first kappa shape index (κ1) is 21.6. The topological polar surface area (TPSA) is 98.8 Å². The van der Waals surface area contributed by atoms with Crippen molar-refractivity contribution in [3.05, 3.63) is 70.5 Å². The third-order valence-electron chi connectivity index (χ3n) is 4.40. The van der Waals surface area contributed by atoms with Crippen molar-refractivity contribution in [1.29, 1.82) is 0 Å². The Balaban J connectivity index is 1.41. The van der Waals surface area contributed by atoms with E-state index in [1.165, 1.54) is 12.4 Å². The second-order valence-corrected chi connectivity index (χ2v) is 7.32. The summed E-state index contributed by atoms with van der Waals surface area (Å²) in [4.78, 5) is 16.5. The summed E-state index contributed by atoms with van der Waals surface area (Å²) in [6.45, 7) is -0.277. The molecule has 0 radical (unpaired) electrons. The molecule has 0 unspecified atom stereocenters. The van der Waals surface area contributed by atoms with E-state index in [1.54, 1.807) is 43.5 Å². The highest BCUT2D eigenvalue weighted by molar-refractivity contribution is 6.32. The summed E-state index contributed by atoms with van der Waals surface area (Å²) in [7, 11) is 1.59. The number of fused-ring (bicyclic) bond motifs is 1. The van der Waals surface area contributed by atoms with Crippen LogP contribution < -0.4 is 14.9 Å². The molecule has 1 amide bonds. The lowest BCUT2D eigenvalue weighted by atomic mass is 10.1. The average molecular weight is 471 g/mol. The number of hydrazone groups is 1. The number of methoxy groups -OCH3 is 1. The van der Waals surface area contributed by atoms with Crippen LogP contribution in [0.25, 0.3) is 22.2 Å². The Bertz CT molecular complexity index is 1290. The van der Waals surface area contributed by atoms with E-state index in [2.05, 4.69) is 20.7 Å². The molecule has 0 atom stereocenters. The van der Waals surface area contributed by atoms with Crippen LogP contribution in [0.1, 0.15) is 5.56 Å². The van der Waals surface area contributed by atoms with Crippen LogP contribution in [0.3, 0.4) is 0 Å². The highest BCUT2D eigenvalue weighted by atomic mass is 35.5. The van der Waals surface area contributed by atoms with E-state index in [0.29, 0.717) is 33.4 Å². The quantitative estimate of drug-likeness (QED) is 0.238. The van der Waals surface area contributed by atoms with Gasteiger partial charge in [-0.3, -0.25) is 4.79 Å². The van der Waals surface area contributed by atoms with Gasteiger partial charge in [0.25, 0.3) is 5.91 Å². The molecule has 0 saturated heterocycles. The Kier molecular flexibility index (Phi) is 6.53. The molecule has 2 heterocycles. The number of rotatable bonds is 7. The molecule has 2 aromatic carbocycles. The largest absolute Gasteiger partial charge is 0.497 e. The highest BCUT2D eigenvalue weighted by Crippen LogP contribution is 2.32. The van der Waals surface area contributed by atoms with Crippen molar-refractivity contribution in [1.82, 2.24) is 15.6 Å². The molecule has 4 aromatic rings. The number of ether oxygens (including phenoxy) is 2. The SMILES string of the molecule is COc1ccc2nc(Cl)c(/C=N/NC(=O)COc3ccc(Cl)cc3-c3ccno3)cc2c1. The summed E-state index contributed by atoms with van der Waals surface area (Å²) in [5.74, 6) is 1.12. The standard InChI is InChI=1S/C22H16Cl2N4O4/c1-30-16-3-4-18-13(9-16)8-14(22(24)27-18)11-25-28-21(29)12-31-19-5-2-15(23)10-17(19)20-6-7-26-32-20/h2-11H,12H2,1H3,(H,28,29)/b25-11+. The van der Waals surface area contributed by atoms with Crippen LogP contribution in [-0.4, -0.2) is 36.0 Å². The van der Waals surface area contributed by atoms with Crippen molar-refractivity contribution in [3.63, 3.8) is 0 Å². The number of pyridine rings is 1. The summed E-state index contributed by atoms with van der Waals surface area (Å²) in [6, 6.07) is 13.9. The van der Waals surface area contributed by atoms with Crippen LogP contribution >= 0.6 is 23.2 Å². The minimum atomic E-state index is -0.466. The molecule has 0 fully saturated rings. The zero-order valence-electron chi connectivity index (χ0n) is 16.7. The normalized spacial score (nSPS) is 11.1. The average Bonchev–Trinajstić information content (AvgIpc) is 3.33. The number of nitrogens with zero attached hydrogens (tertiary/aromatic N) is 3. The van der Waals surface area contributed by atoms with Crippen molar-refractivity contribution in [2.24, 2.45) is 5.10 Å². The van der Waals surface area contributed by atoms with Crippen molar-refractivity contribution in [2.45, 2.75) is 0 Å². The van der Waals surface area contributed by atoms with Gasteiger partial charge in [-0.15, -0.1) is 0 Å². The molecule has 4 rings (SSSR count). The zero-order valence-corrected chi connectivity index (χ0v) is 18.2. The number of hydrogen-bond acceptors (Lipinski definition) is 7. The van der Waals surface area contributed by atoms with Gasteiger partial charge in [0.15, 0.2) is 12.4 Å². The fraction of sp³-hybridized carbons (Fsp3) is 0.0909. The molecule has 10 heteroatoms. The van der Waals surface area contributed by atoms with Gasteiger partial charge in [0.1, 0.15) is 16.7 Å². The molecule has 2 aromatic heterocycles. The molecule has 0 spiro atoms. The van der Waals surface area contributed by atoms with Crippen LogP contribution in [0.2, 0.25) is 10.2 Å². The van der Waals surface area contributed by atoms with E-state index in [4.69, 9.17) is 37.2 Å². The predicted octanol–water partition coefficient (Wildman–Crippen LogP) is 4.73. The van der Waals surface area contributed by atoms with E-state index in [1.807, 2.05) is 12.1 Å². The first-order valence-corrected chi connectivity index (χ1v) is 10.1. The van der Waals surface area contributed by atoms with Crippen LogP contribution in [0.4, 0.5) is 0 Å². The zero-order chi connectivity index (χ0) is 22.5. The lowest BCUT2D eigenvalue weighted by Crippen LogP contribution is -2.24. The van der Waals surface area contributed by atoms with Gasteiger partial charge >= 0.3 is 0 Å². The van der Waals surface area contributed by atoms with E-state index in [-0.39, 0.29) is 11.8 Å². The number of carbonyl (C=O) groups is 1. The van der Waals surface area contributed by atoms with Gasteiger partial charge in [0.2, 0.25) is 0 Å². The van der Waals surface area contributed by atoms with Crippen molar-refractivity contribution >= 4 is 46.2 Å². The van der Waals surface area contributed by atoms with Crippen molar-refractivity contribution in [2.75, 3.05) is 13.7 Å². The number of amides is 1. The van der Waals surface area contributed by atoms with Gasteiger partial charge in [-0.2, -0.15) is 5.10 Å². The van der Waals surface area contributed by atoms with Crippen LogP contribution in [0, 0.1) is 0 Å². The lowest BCUT2D eigenvalue weighted by molar-refractivity contribution is -0.123. The van der Waals surface area contributed by atoms with E-state index in [0.717, 1.165) is 10.9 Å². The number of halogens is 2. The first-order valence-electron chi connectivity index (χ1n) is 9.33. The van der Waals surface area contributed by atoms with Crippen molar-refractivity contribution in [3.8, 4) is 22.8 Å². The molecule has 0 aliphatic heterocycles. The third kappa shape index (κ3) is 4.99. The molecule has 0 saturated carbocycles. The fourth-order valence-corrected chi connectivity index (χ4v) is 3.26. The van der Waals surface area contributed by atoms with Crippen LogP contribution in [0.15, 0.2) is 64.4 Å². The fourth-order valence-electron chi connectivity index (χ4n) is 2.89. The maximum atomic E-state index is 12.2. The smallest absolute Gasteiger partial charge is 0.277 e. The van der Waals surface area contributed by atoms with Gasteiger partial charge in [0, 0.05) is 22.0 Å². The molecule has 0 bridgehead atoms. The minimum Gasteiger partial charge on any atom is -0.497 e. The molecule has 162 valence electrons. The molecule has 0 aliphatic rings. The first-order chi connectivity index (χ1) is 15.5. The molecule has 1 N–H and O–H groups in total. The predicted molar refractivity (Wildman–Crippen MR) is 121 cm³/mol. The maximum Gasteiger partial charge on any atom is 0.277 e. The van der Waals surface area contributed by atoms with Crippen molar-refractivity contribution < 1.29 is 18.8 Å². The molecule has 32 heavy (non-hydrogen) atoms. The molecular weight excluding hydrogens is 455 g/mol. The molecular formula is C22H16Cl2N4O4. The van der Waals surface area contributed by atoms with Gasteiger partial charge in [0.05, 0.1) is 30.6 Å². The molecule has 0 aliphatic carbocycles.